The summed E-state index contributed by atoms with van der Waals surface area (Å²) in [4.78, 5) is 26.1. The van der Waals surface area contributed by atoms with E-state index in [1.807, 2.05) is 36.4 Å². The summed E-state index contributed by atoms with van der Waals surface area (Å²) in [6.07, 6.45) is 1.41. The van der Waals surface area contributed by atoms with Gasteiger partial charge in [0.2, 0.25) is 0 Å². The first-order chi connectivity index (χ1) is 13.6. The molecule has 3 aromatic rings. The molecule has 6 heteroatoms. The molecule has 6 nitrogen and oxygen atoms in total. The van der Waals surface area contributed by atoms with Crippen molar-refractivity contribution >= 4 is 18.2 Å². The first-order valence-corrected chi connectivity index (χ1v) is 8.72. The molecule has 3 aromatic carbocycles. The Kier molecular flexibility index (Phi) is 4.37. The van der Waals surface area contributed by atoms with Crippen LogP contribution >= 0.6 is 0 Å². The maximum Gasteiger partial charge on any atom is 0.346 e. The van der Waals surface area contributed by atoms with E-state index in [0.717, 1.165) is 5.01 Å². The molecule has 0 bridgehead atoms. The highest BCUT2D eigenvalue weighted by molar-refractivity contribution is 6.09. The van der Waals surface area contributed by atoms with Crippen LogP contribution in [0.5, 0.6) is 5.75 Å². The van der Waals surface area contributed by atoms with Crippen LogP contribution in [0, 0.1) is 0 Å². The molecule has 28 heavy (non-hydrogen) atoms. The van der Waals surface area contributed by atoms with Gasteiger partial charge in [0, 0.05) is 0 Å². The topological polar surface area (TPSA) is 82.0 Å². The third-order valence-electron chi connectivity index (χ3n) is 4.63. The Hall–Kier alpha value is -3.93. The Morgan fingerprint density at radius 3 is 1.89 bits per heavy atom. The Labute approximate surface area is 161 Å². The lowest BCUT2D eigenvalue weighted by Crippen LogP contribution is -2.44. The van der Waals surface area contributed by atoms with E-state index in [1.165, 1.54) is 18.3 Å². The largest absolute Gasteiger partial charge is 0.508 e. The molecule has 0 atom stereocenters. The van der Waals surface area contributed by atoms with Crippen molar-refractivity contribution in [2.45, 2.75) is 5.54 Å². The van der Waals surface area contributed by atoms with E-state index in [1.54, 1.807) is 36.4 Å². The predicted octanol–water partition coefficient (Wildman–Crippen LogP) is 3.22. The summed E-state index contributed by atoms with van der Waals surface area (Å²) < 4.78 is 0. The summed E-state index contributed by atoms with van der Waals surface area (Å²) in [6.45, 7) is 0. The molecular formula is C22H17N3O3. The van der Waals surface area contributed by atoms with Gasteiger partial charge in [0.05, 0.1) is 6.21 Å². The van der Waals surface area contributed by atoms with E-state index in [4.69, 9.17) is 0 Å². The van der Waals surface area contributed by atoms with Gasteiger partial charge in [0.25, 0.3) is 5.91 Å². The van der Waals surface area contributed by atoms with Gasteiger partial charge < -0.3 is 10.4 Å². The van der Waals surface area contributed by atoms with E-state index < -0.39 is 17.5 Å². The van der Waals surface area contributed by atoms with Crippen molar-refractivity contribution in [2.75, 3.05) is 0 Å². The summed E-state index contributed by atoms with van der Waals surface area (Å²) in [7, 11) is 0. The maximum atomic E-state index is 13.4. The van der Waals surface area contributed by atoms with Crippen LogP contribution in [0.4, 0.5) is 4.79 Å². The third kappa shape index (κ3) is 2.91. The first-order valence-electron chi connectivity index (χ1n) is 8.72. The number of carbonyl (C=O) groups is 2. The predicted molar refractivity (Wildman–Crippen MR) is 105 cm³/mol. The van der Waals surface area contributed by atoms with Crippen molar-refractivity contribution in [3.63, 3.8) is 0 Å². The average molecular weight is 371 g/mol. The van der Waals surface area contributed by atoms with Gasteiger partial charge in [-0.3, -0.25) is 4.79 Å². The van der Waals surface area contributed by atoms with E-state index in [2.05, 4.69) is 10.4 Å². The molecule has 1 heterocycles. The van der Waals surface area contributed by atoms with Crippen LogP contribution in [-0.2, 0) is 10.3 Å². The van der Waals surface area contributed by atoms with Gasteiger partial charge in [-0.1, -0.05) is 60.7 Å². The van der Waals surface area contributed by atoms with Crippen molar-refractivity contribution in [3.05, 3.63) is 102 Å². The minimum atomic E-state index is -1.34. The maximum absolute atomic E-state index is 13.4. The van der Waals surface area contributed by atoms with Crippen molar-refractivity contribution < 1.29 is 14.7 Å². The van der Waals surface area contributed by atoms with Gasteiger partial charge in [-0.25, -0.2) is 4.79 Å². The van der Waals surface area contributed by atoms with Crippen molar-refractivity contribution in [1.82, 2.24) is 10.3 Å². The third-order valence-corrected chi connectivity index (χ3v) is 4.63. The lowest BCUT2D eigenvalue weighted by molar-refractivity contribution is -0.130. The van der Waals surface area contributed by atoms with E-state index in [0.29, 0.717) is 16.7 Å². The smallest absolute Gasteiger partial charge is 0.346 e. The van der Waals surface area contributed by atoms with E-state index >= 15 is 0 Å². The van der Waals surface area contributed by atoms with Gasteiger partial charge in [-0.05, 0) is 41.0 Å². The quantitative estimate of drug-likeness (QED) is 0.546. The van der Waals surface area contributed by atoms with Crippen molar-refractivity contribution in [3.8, 4) is 5.75 Å². The second kappa shape index (κ2) is 7.00. The van der Waals surface area contributed by atoms with Gasteiger partial charge in [0.1, 0.15) is 5.75 Å². The number of nitrogens with one attached hydrogen (secondary N) is 1. The monoisotopic (exact) mass is 371 g/mol. The number of carbonyl (C=O) groups excluding carboxylic acids is 2. The molecular weight excluding hydrogens is 354 g/mol. The number of hydrazone groups is 1. The number of phenols is 1. The van der Waals surface area contributed by atoms with E-state index in [-0.39, 0.29) is 5.75 Å². The van der Waals surface area contributed by atoms with E-state index in [9.17, 15) is 14.7 Å². The zero-order valence-electron chi connectivity index (χ0n) is 14.8. The fourth-order valence-electron chi connectivity index (χ4n) is 3.24. The summed E-state index contributed by atoms with van der Waals surface area (Å²) >= 11 is 0. The number of urea groups is 1. The number of nitrogens with zero attached hydrogens (tertiary/aromatic N) is 2. The highest BCUT2D eigenvalue weighted by atomic mass is 16.3. The SMILES string of the molecule is O=C1NC(c2ccccc2)(c2ccccc2)C(=O)N1/N=C/c1ccc(O)cc1. The highest BCUT2D eigenvalue weighted by Gasteiger charge is 2.54. The fourth-order valence-corrected chi connectivity index (χ4v) is 3.24. The molecule has 1 aliphatic heterocycles. The Balaban J connectivity index is 1.76. The lowest BCUT2D eigenvalue weighted by Gasteiger charge is -2.27. The summed E-state index contributed by atoms with van der Waals surface area (Å²) in [5, 5.41) is 17.1. The van der Waals surface area contributed by atoms with Gasteiger partial charge >= 0.3 is 6.03 Å². The molecule has 1 aliphatic rings. The number of aromatic hydroxyl groups is 1. The normalized spacial score (nSPS) is 15.8. The van der Waals surface area contributed by atoms with Crippen LogP contribution < -0.4 is 5.32 Å². The number of hydrogen-bond donors (Lipinski definition) is 2. The van der Waals surface area contributed by atoms with Crippen LogP contribution in [0.1, 0.15) is 16.7 Å². The summed E-state index contributed by atoms with van der Waals surface area (Å²) in [5.74, 6) is -0.357. The number of amides is 3. The molecule has 0 aromatic heterocycles. The lowest BCUT2D eigenvalue weighted by atomic mass is 9.83. The van der Waals surface area contributed by atoms with Crippen LogP contribution in [0.25, 0.3) is 0 Å². The van der Waals surface area contributed by atoms with Gasteiger partial charge in [-0.15, -0.1) is 5.01 Å². The Morgan fingerprint density at radius 1 is 0.821 bits per heavy atom. The molecule has 0 unspecified atom stereocenters. The zero-order valence-corrected chi connectivity index (χ0v) is 14.8. The molecule has 0 radical (unpaired) electrons. The molecule has 1 saturated heterocycles. The van der Waals surface area contributed by atoms with Crippen LogP contribution in [0.3, 0.4) is 0 Å². The van der Waals surface area contributed by atoms with Crippen molar-refractivity contribution in [1.29, 1.82) is 0 Å². The average Bonchev–Trinajstić information content (AvgIpc) is 3.00. The Bertz CT molecular complexity index is 992. The fraction of sp³-hybridized carbons (Fsp3) is 0.0455. The molecule has 0 spiro atoms. The first kappa shape index (κ1) is 17.5. The second-order valence-corrected chi connectivity index (χ2v) is 6.37. The van der Waals surface area contributed by atoms with Gasteiger partial charge in [0.15, 0.2) is 5.54 Å². The number of imide groups is 1. The molecule has 0 aliphatic carbocycles. The number of hydrogen-bond acceptors (Lipinski definition) is 4. The van der Waals surface area contributed by atoms with Gasteiger partial charge in [-0.2, -0.15) is 5.10 Å². The molecule has 1 fully saturated rings. The van der Waals surface area contributed by atoms with Crippen molar-refractivity contribution in [2.24, 2.45) is 5.10 Å². The minimum Gasteiger partial charge on any atom is -0.508 e. The standard InChI is InChI=1S/C22H17N3O3/c26-19-13-11-16(12-14-19)15-23-25-20(27)22(24-21(25)28,17-7-3-1-4-8-17)18-9-5-2-6-10-18/h1-15,26H,(H,24,28)/b23-15+. The van der Waals surface area contributed by atoms with Crippen LogP contribution in [0.2, 0.25) is 0 Å². The summed E-state index contributed by atoms with van der Waals surface area (Å²) in [6, 6.07) is 23.9. The van der Waals surface area contributed by atoms with Crippen LogP contribution in [0.15, 0.2) is 90.0 Å². The second-order valence-electron chi connectivity index (χ2n) is 6.37. The highest BCUT2D eigenvalue weighted by Crippen LogP contribution is 2.36. The summed E-state index contributed by atoms with van der Waals surface area (Å²) in [5.41, 5.74) is 0.616. The molecule has 2 N–H and O–H groups in total. The molecule has 4 rings (SSSR count). The van der Waals surface area contributed by atoms with Crippen LogP contribution in [-0.4, -0.2) is 28.3 Å². The zero-order chi connectivity index (χ0) is 19.6. The molecule has 0 saturated carbocycles. The number of rotatable bonds is 4. The molecule has 3 amide bonds. The number of benzene rings is 3. The Morgan fingerprint density at radius 2 is 1.36 bits per heavy atom. The number of phenolic OH excluding ortho intramolecular Hbond substituents is 1. The molecule has 138 valence electrons. The minimum absolute atomic E-state index is 0.124.